The van der Waals surface area contributed by atoms with Gasteiger partial charge in [0.2, 0.25) is 0 Å². The lowest BCUT2D eigenvalue weighted by Crippen LogP contribution is -1.98. The van der Waals surface area contributed by atoms with Crippen LogP contribution in [0, 0.1) is 13.8 Å². The summed E-state index contributed by atoms with van der Waals surface area (Å²) in [5.41, 5.74) is 2.99. The molecule has 1 aromatic carbocycles. The molecule has 0 N–H and O–H groups in total. The minimum absolute atomic E-state index is 0.242. The van der Waals surface area contributed by atoms with Gasteiger partial charge in [-0.05, 0) is 31.5 Å². The Morgan fingerprint density at radius 1 is 1.00 bits per heavy atom. The van der Waals surface area contributed by atoms with Crippen molar-refractivity contribution >= 4 is 11.0 Å². The van der Waals surface area contributed by atoms with E-state index in [-0.39, 0.29) is 5.56 Å². The molecule has 2 rings (SSSR count). The molecule has 1 aromatic heterocycles. The highest BCUT2D eigenvalue weighted by Gasteiger charge is 1.97. The lowest BCUT2D eigenvalue weighted by molar-refractivity contribution is 1.25. The first-order valence-corrected chi connectivity index (χ1v) is 4.41. The van der Waals surface area contributed by atoms with Crippen LogP contribution < -0.4 is 5.56 Å². The van der Waals surface area contributed by atoms with E-state index in [1.165, 1.54) is 6.07 Å². The molecule has 0 amide bonds. The van der Waals surface area contributed by atoms with Crippen molar-refractivity contribution in [1.82, 2.24) is 9.97 Å². The molecule has 3 heteroatoms. The largest absolute Gasteiger partial charge is 0.272 e. The fourth-order valence-electron chi connectivity index (χ4n) is 1.37. The van der Waals surface area contributed by atoms with Gasteiger partial charge in [0.15, 0.2) is 0 Å². The fraction of sp³-hybridized carbons (Fsp3) is 0.182. The summed E-state index contributed by atoms with van der Waals surface area (Å²) in [5, 5.41) is 0. The molecule has 3 nitrogen and oxygen atoms in total. The van der Waals surface area contributed by atoms with Gasteiger partial charge >= 0.3 is 0 Å². The second-order valence-corrected chi connectivity index (χ2v) is 3.34. The topological polar surface area (TPSA) is 42.9 Å². The highest BCUT2D eigenvalue weighted by atomic mass is 16.1. The quantitative estimate of drug-likeness (QED) is 0.627. The van der Waals surface area contributed by atoms with Gasteiger partial charge in [-0.15, -0.1) is 0 Å². The molecule has 0 aliphatic rings. The van der Waals surface area contributed by atoms with Crippen molar-refractivity contribution in [3.63, 3.8) is 0 Å². The molecule has 0 spiro atoms. The number of hydrogen-bond donors (Lipinski definition) is 0. The van der Waals surface area contributed by atoms with Crippen LogP contribution in [0.2, 0.25) is 0 Å². The van der Waals surface area contributed by atoms with Gasteiger partial charge in [0, 0.05) is 11.8 Å². The zero-order chi connectivity index (χ0) is 10.1. The summed E-state index contributed by atoms with van der Waals surface area (Å²) in [5.74, 6) is 0. The van der Waals surface area contributed by atoms with Crippen LogP contribution in [0.3, 0.4) is 0 Å². The maximum absolute atomic E-state index is 11.2. The maximum Gasteiger partial charge on any atom is 0.272 e. The maximum atomic E-state index is 11.2. The van der Waals surface area contributed by atoms with Crippen LogP contribution in [-0.2, 0) is 0 Å². The molecule has 0 aliphatic heterocycles. The Labute approximate surface area is 81.5 Å². The van der Waals surface area contributed by atoms with Gasteiger partial charge in [-0.2, -0.15) is 0 Å². The lowest BCUT2D eigenvalue weighted by Gasteiger charge is -1.92. The molecule has 2 aromatic rings. The molecule has 0 saturated heterocycles. The Kier molecular flexibility index (Phi) is 2.00. The smallest absolute Gasteiger partial charge is 0.267 e. The zero-order valence-electron chi connectivity index (χ0n) is 8.11. The van der Waals surface area contributed by atoms with Crippen molar-refractivity contribution in [2.75, 3.05) is 0 Å². The Hall–Kier alpha value is -1.77. The second-order valence-electron chi connectivity index (χ2n) is 3.34. The molecule has 0 bridgehead atoms. The molecule has 1 heterocycles. The molecular weight excluding hydrogens is 176 g/mol. The number of hydrogen-bond acceptors (Lipinski definition) is 3. The summed E-state index contributed by atoms with van der Waals surface area (Å²) in [7, 11) is 0. The monoisotopic (exact) mass is 186 g/mol. The van der Waals surface area contributed by atoms with Crippen LogP contribution in [0.15, 0.2) is 29.1 Å². The molecule has 14 heavy (non-hydrogen) atoms. The normalized spacial score (nSPS) is 10.4. The Bertz CT molecular complexity index is 549. The van der Waals surface area contributed by atoms with E-state index < -0.39 is 0 Å². The van der Waals surface area contributed by atoms with Crippen LogP contribution in [0.5, 0.6) is 0 Å². The number of nitrogens with zero attached hydrogens (tertiary/aromatic N) is 2. The molecule has 0 radical (unpaired) electrons. The van der Waals surface area contributed by atoms with E-state index in [4.69, 9.17) is 0 Å². The summed E-state index contributed by atoms with van der Waals surface area (Å²) in [6, 6.07) is 7.11. The lowest BCUT2D eigenvalue weighted by atomic mass is 10.2. The van der Waals surface area contributed by atoms with Crippen molar-refractivity contribution in [1.29, 1.82) is 0 Å². The number of benzene rings is 1. The van der Waals surface area contributed by atoms with Crippen LogP contribution in [-0.4, -0.2) is 9.97 Å². The van der Waals surface area contributed by atoms with Crippen molar-refractivity contribution < 1.29 is 0 Å². The SMILES string of the molecule is Cc1ccc2nc(=O)cc(C)nc2c1. The van der Waals surface area contributed by atoms with E-state index in [9.17, 15) is 4.79 Å². The third kappa shape index (κ3) is 1.62. The molecule has 0 aliphatic carbocycles. The van der Waals surface area contributed by atoms with Crippen LogP contribution in [0.25, 0.3) is 11.0 Å². The van der Waals surface area contributed by atoms with E-state index in [0.29, 0.717) is 11.2 Å². The van der Waals surface area contributed by atoms with Crippen LogP contribution in [0.4, 0.5) is 0 Å². The van der Waals surface area contributed by atoms with Crippen LogP contribution >= 0.6 is 0 Å². The number of aryl methyl sites for hydroxylation is 2. The average Bonchev–Trinajstić information content (AvgIpc) is 2.21. The zero-order valence-corrected chi connectivity index (χ0v) is 8.11. The predicted molar refractivity (Wildman–Crippen MR) is 55.3 cm³/mol. The third-order valence-corrected chi connectivity index (χ3v) is 1.99. The minimum atomic E-state index is -0.242. The van der Waals surface area contributed by atoms with E-state index in [1.807, 2.05) is 25.1 Å². The highest BCUT2D eigenvalue weighted by molar-refractivity contribution is 5.74. The van der Waals surface area contributed by atoms with Crippen molar-refractivity contribution in [2.24, 2.45) is 0 Å². The van der Waals surface area contributed by atoms with Gasteiger partial charge < -0.3 is 0 Å². The number of rotatable bonds is 0. The standard InChI is InChI=1S/C11H10N2O/c1-7-3-4-9-10(5-7)12-8(2)6-11(14)13-9/h3-6H,1-2H3. The van der Waals surface area contributed by atoms with Crippen LogP contribution in [0.1, 0.15) is 11.3 Å². The van der Waals surface area contributed by atoms with Gasteiger partial charge in [0.1, 0.15) is 0 Å². The highest BCUT2D eigenvalue weighted by Crippen LogP contribution is 2.08. The van der Waals surface area contributed by atoms with E-state index >= 15 is 0 Å². The minimum Gasteiger partial charge on any atom is -0.267 e. The van der Waals surface area contributed by atoms with E-state index in [1.54, 1.807) is 6.92 Å². The Morgan fingerprint density at radius 2 is 1.79 bits per heavy atom. The van der Waals surface area contributed by atoms with Gasteiger partial charge in [0.25, 0.3) is 5.56 Å². The predicted octanol–water partition coefficient (Wildman–Crippen LogP) is 1.61. The first-order valence-electron chi connectivity index (χ1n) is 4.41. The second kappa shape index (κ2) is 3.18. The van der Waals surface area contributed by atoms with Crippen molar-refractivity contribution in [3.8, 4) is 0 Å². The summed E-state index contributed by atoms with van der Waals surface area (Å²) in [6.07, 6.45) is 0. The molecular formula is C11H10N2O. The molecule has 70 valence electrons. The first-order chi connectivity index (χ1) is 6.65. The van der Waals surface area contributed by atoms with E-state index in [0.717, 1.165) is 11.1 Å². The fourth-order valence-corrected chi connectivity index (χ4v) is 1.37. The molecule has 0 fully saturated rings. The van der Waals surface area contributed by atoms with Gasteiger partial charge in [0.05, 0.1) is 11.0 Å². The number of fused-ring (bicyclic) bond motifs is 1. The summed E-state index contributed by atoms with van der Waals surface area (Å²) >= 11 is 0. The van der Waals surface area contributed by atoms with Gasteiger partial charge in [-0.25, -0.2) is 4.98 Å². The molecule has 0 unspecified atom stereocenters. The first kappa shape index (κ1) is 8.81. The molecule has 0 atom stereocenters. The summed E-state index contributed by atoms with van der Waals surface area (Å²) < 4.78 is 0. The Balaban J connectivity index is 2.95. The van der Waals surface area contributed by atoms with Gasteiger partial charge in [-0.3, -0.25) is 9.78 Å². The van der Waals surface area contributed by atoms with Crippen molar-refractivity contribution in [3.05, 3.63) is 45.9 Å². The van der Waals surface area contributed by atoms with Crippen molar-refractivity contribution in [2.45, 2.75) is 13.8 Å². The number of aromatic nitrogens is 2. The summed E-state index contributed by atoms with van der Waals surface area (Å²) in [4.78, 5) is 19.5. The van der Waals surface area contributed by atoms with E-state index in [2.05, 4.69) is 9.97 Å². The average molecular weight is 186 g/mol. The Morgan fingerprint density at radius 3 is 2.57 bits per heavy atom. The summed E-state index contributed by atoms with van der Waals surface area (Å²) in [6.45, 7) is 3.78. The van der Waals surface area contributed by atoms with Gasteiger partial charge in [-0.1, -0.05) is 6.07 Å². The molecule has 0 saturated carbocycles. The third-order valence-electron chi connectivity index (χ3n) is 1.99.